The van der Waals surface area contributed by atoms with Crippen molar-refractivity contribution in [3.8, 4) is 0 Å². The van der Waals surface area contributed by atoms with Crippen molar-refractivity contribution in [3.05, 3.63) is 91.3 Å². The van der Waals surface area contributed by atoms with Crippen LogP contribution in [-0.2, 0) is 0 Å². The summed E-state index contributed by atoms with van der Waals surface area (Å²) in [5.74, 6) is 0. The molecule has 0 aliphatic carbocycles. The highest BCUT2D eigenvalue weighted by atomic mass is 14.6. The van der Waals surface area contributed by atoms with Gasteiger partial charge in [-0.05, 0) is 54.5 Å². The molecule has 0 amide bonds. The second-order valence-corrected chi connectivity index (χ2v) is 6.87. The third-order valence-corrected chi connectivity index (χ3v) is 5.49. The van der Waals surface area contributed by atoms with Crippen LogP contribution in [0.15, 0.2) is 91.3 Å². The van der Waals surface area contributed by atoms with Crippen molar-refractivity contribution < 1.29 is 0 Å². The number of hydrogen-bond donors (Lipinski definition) is 0. The molecule has 1 aromatic heterocycles. The minimum absolute atomic E-state index is 1.18. The summed E-state index contributed by atoms with van der Waals surface area (Å²) in [6.45, 7) is 0. The number of rotatable bonds is 0. The van der Waals surface area contributed by atoms with E-state index in [2.05, 4.69) is 83.8 Å². The van der Waals surface area contributed by atoms with Gasteiger partial charge in [-0.15, -0.1) is 0 Å². The molecule has 6 rings (SSSR count). The molecule has 0 unspecified atom stereocenters. The van der Waals surface area contributed by atoms with Crippen LogP contribution >= 0.6 is 0 Å². The maximum Gasteiger partial charge on any atom is 0.0346 e. The molecule has 0 aliphatic rings. The molecule has 0 radical (unpaired) electrons. The Labute approximate surface area is 150 Å². The van der Waals surface area contributed by atoms with Gasteiger partial charge in [-0.3, -0.25) is 4.98 Å². The zero-order valence-electron chi connectivity index (χ0n) is 14.1. The molecular weight excluding hydrogens is 314 g/mol. The third kappa shape index (κ3) is 1.77. The molecule has 1 heterocycles. The standard InChI is InChI=1S/C25H15N/c1-2-4-21-16(3-1)5-6-17-7-9-19-10-8-18-11-12-20-15-26-14-13-22(20)24(18)25(19)23(17)21/h1-15H. The van der Waals surface area contributed by atoms with E-state index in [1.807, 2.05) is 12.4 Å². The molecule has 0 saturated heterocycles. The maximum atomic E-state index is 4.31. The van der Waals surface area contributed by atoms with Crippen LogP contribution < -0.4 is 0 Å². The normalized spacial score (nSPS) is 11.8. The van der Waals surface area contributed by atoms with Gasteiger partial charge < -0.3 is 0 Å². The summed E-state index contributed by atoms with van der Waals surface area (Å²) in [4.78, 5) is 4.31. The predicted octanol–water partition coefficient (Wildman–Crippen LogP) is 6.85. The van der Waals surface area contributed by atoms with Gasteiger partial charge in [0.2, 0.25) is 0 Å². The number of benzene rings is 5. The lowest BCUT2D eigenvalue weighted by Crippen LogP contribution is -1.85. The number of fused-ring (bicyclic) bond motifs is 9. The predicted molar refractivity (Wildman–Crippen MR) is 112 cm³/mol. The lowest BCUT2D eigenvalue weighted by atomic mass is 9.91. The fourth-order valence-corrected chi connectivity index (χ4v) is 4.30. The van der Waals surface area contributed by atoms with Crippen LogP contribution in [0.1, 0.15) is 0 Å². The molecule has 120 valence electrons. The van der Waals surface area contributed by atoms with Crippen molar-refractivity contribution in [1.29, 1.82) is 0 Å². The average Bonchev–Trinajstić information content (AvgIpc) is 2.72. The van der Waals surface area contributed by atoms with Crippen LogP contribution in [0.3, 0.4) is 0 Å². The molecule has 6 aromatic rings. The summed E-state index contributed by atoms with van der Waals surface area (Å²) in [6, 6.07) is 28.6. The van der Waals surface area contributed by atoms with Crippen LogP contribution in [0.4, 0.5) is 0 Å². The lowest BCUT2D eigenvalue weighted by molar-refractivity contribution is 1.37. The van der Waals surface area contributed by atoms with E-state index in [0.29, 0.717) is 0 Å². The molecule has 1 heteroatoms. The van der Waals surface area contributed by atoms with Gasteiger partial charge in [-0.25, -0.2) is 0 Å². The summed E-state index contributed by atoms with van der Waals surface area (Å²) < 4.78 is 0. The molecule has 0 atom stereocenters. The van der Waals surface area contributed by atoms with Gasteiger partial charge in [-0.2, -0.15) is 0 Å². The van der Waals surface area contributed by atoms with Crippen molar-refractivity contribution >= 4 is 53.9 Å². The largest absolute Gasteiger partial charge is 0.264 e. The zero-order chi connectivity index (χ0) is 17.1. The van der Waals surface area contributed by atoms with E-state index in [-0.39, 0.29) is 0 Å². The molecule has 26 heavy (non-hydrogen) atoms. The molecule has 0 bridgehead atoms. The lowest BCUT2D eigenvalue weighted by Gasteiger charge is -2.12. The van der Waals surface area contributed by atoms with E-state index in [4.69, 9.17) is 0 Å². The van der Waals surface area contributed by atoms with Crippen LogP contribution in [0.25, 0.3) is 53.9 Å². The fourth-order valence-electron chi connectivity index (χ4n) is 4.30. The second kappa shape index (κ2) is 5.03. The van der Waals surface area contributed by atoms with Gasteiger partial charge in [0.05, 0.1) is 0 Å². The Morgan fingerprint density at radius 3 is 1.69 bits per heavy atom. The van der Waals surface area contributed by atoms with Crippen LogP contribution in [0.5, 0.6) is 0 Å². The Balaban J connectivity index is 2.03. The van der Waals surface area contributed by atoms with Crippen molar-refractivity contribution in [2.75, 3.05) is 0 Å². The fraction of sp³-hybridized carbons (Fsp3) is 0. The quantitative estimate of drug-likeness (QED) is 0.278. The highest BCUT2D eigenvalue weighted by Gasteiger charge is 2.11. The minimum Gasteiger partial charge on any atom is -0.264 e. The summed E-state index contributed by atoms with van der Waals surface area (Å²) in [7, 11) is 0. The number of pyridine rings is 1. The van der Waals surface area contributed by atoms with Crippen molar-refractivity contribution in [3.63, 3.8) is 0 Å². The molecule has 0 spiro atoms. The van der Waals surface area contributed by atoms with E-state index in [1.165, 1.54) is 53.9 Å². The SMILES string of the molecule is c1ccc2c(c1)ccc1ccc3ccc4ccc5cnccc5c4c3c12. The smallest absolute Gasteiger partial charge is 0.0346 e. The molecule has 5 aromatic carbocycles. The second-order valence-electron chi connectivity index (χ2n) is 6.87. The first kappa shape index (κ1) is 13.8. The highest BCUT2D eigenvalue weighted by Crippen LogP contribution is 2.39. The minimum atomic E-state index is 1.18. The Kier molecular flexibility index (Phi) is 2.67. The van der Waals surface area contributed by atoms with Gasteiger partial charge >= 0.3 is 0 Å². The first-order chi connectivity index (χ1) is 12.9. The van der Waals surface area contributed by atoms with Gasteiger partial charge in [0.15, 0.2) is 0 Å². The van der Waals surface area contributed by atoms with Gasteiger partial charge in [0.25, 0.3) is 0 Å². The van der Waals surface area contributed by atoms with Crippen LogP contribution in [-0.4, -0.2) is 4.98 Å². The topological polar surface area (TPSA) is 12.9 Å². The molecule has 1 nitrogen and oxygen atoms in total. The maximum absolute atomic E-state index is 4.31. The molecular formula is C25H15N. The van der Waals surface area contributed by atoms with E-state index >= 15 is 0 Å². The Morgan fingerprint density at radius 2 is 0.962 bits per heavy atom. The molecule has 0 aliphatic heterocycles. The van der Waals surface area contributed by atoms with E-state index < -0.39 is 0 Å². The van der Waals surface area contributed by atoms with E-state index in [0.717, 1.165) is 0 Å². The Bertz CT molecular complexity index is 1360. The molecule has 0 fully saturated rings. The van der Waals surface area contributed by atoms with E-state index in [9.17, 15) is 0 Å². The number of nitrogens with zero attached hydrogens (tertiary/aromatic N) is 1. The van der Waals surface area contributed by atoms with Gasteiger partial charge in [0.1, 0.15) is 0 Å². The first-order valence-corrected chi connectivity index (χ1v) is 8.90. The van der Waals surface area contributed by atoms with Crippen LogP contribution in [0, 0.1) is 0 Å². The van der Waals surface area contributed by atoms with E-state index in [1.54, 1.807) is 0 Å². The number of hydrogen-bond acceptors (Lipinski definition) is 1. The summed E-state index contributed by atoms with van der Waals surface area (Å²) in [5, 5.41) is 12.9. The summed E-state index contributed by atoms with van der Waals surface area (Å²) in [5.41, 5.74) is 0. The highest BCUT2D eigenvalue weighted by molar-refractivity contribution is 6.31. The Hall–Kier alpha value is -3.45. The Morgan fingerprint density at radius 1 is 0.423 bits per heavy atom. The third-order valence-electron chi connectivity index (χ3n) is 5.49. The van der Waals surface area contributed by atoms with Crippen molar-refractivity contribution in [1.82, 2.24) is 4.98 Å². The first-order valence-electron chi connectivity index (χ1n) is 8.90. The summed E-state index contributed by atoms with van der Waals surface area (Å²) in [6.07, 6.45) is 3.85. The van der Waals surface area contributed by atoms with Crippen LogP contribution in [0.2, 0.25) is 0 Å². The monoisotopic (exact) mass is 329 g/mol. The average molecular weight is 329 g/mol. The van der Waals surface area contributed by atoms with Crippen molar-refractivity contribution in [2.24, 2.45) is 0 Å². The van der Waals surface area contributed by atoms with Gasteiger partial charge in [-0.1, -0.05) is 72.8 Å². The van der Waals surface area contributed by atoms with Crippen molar-refractivity contribution in [2.45, 2.75) is 0 Å². The molecule has 0 saturated carbocycles. The summed E-state index contributed by atoms with van der Waals surface area (Å²) >= 11 is 0. The molecule has 0 N–H and O–H groups in total. The number of aromatic nitrogens is 1. The van der Waals surface area contributed by atoms with Gasteiger partial charge in [0, 0.05) is 17.8 Å². The zero-order valence-corrected chi connectivity index (χ0v) is 14.1.